The first kappa shape index (κ1) is 22.2. The molecular weight excluding hydrogens is 330 g/mol. The molecule has 1 atom stereocenters. The summed E-state index contributed by atoms with van der Waals surface area (Å²) < 4.78 is 18.1. The van der Waals surface area contributed by atoms with Gasteiger partial charge in [-0.1, -0.05) is 52.8 Å². The van der Waals surface area contributed by atoms with Crippen molar-refractivity contribution in [3.63, 3.8) is 0 Å². The van der Waals surface area contributed by atoms with Gasteiger partial charge >= 0.3 is 8.80 Å². The van der Waals surface area contributed by atoms with Gasteiger partial charge in [0.05, 0.1) is 6.10 Å². The highest BCUT2D eigenvalue weighted by molar-refractivity contribution is 6.60. The maximum Gasteiger partial charge on any atom is 0.500 e. The molecule has 0 aliphatic heterocycles. The van der Waals surface area contributed by atoms with Crippen molar-refractivity contribution in [1.82, 2.24) is 0 Å². The summed E-state index contributed by atoms with van der Waals surface area (Å²) in [5.74, 6) is 0.864. The first-order valence-corrected chi connectivity index (χ1v) is 11.4. The van der Waals surface area contributed by atoms with Crippen molar-refractivity contribution in [2.75, 3.05) is 19.5 Å². The number of hydrogen-bond acceptors (Lipinski definition) is 4. The summed E-state index contributed by atoms with van der Waals surface area (Å²) in [7, 11) is 0.774. The molecule has 0 fully saturated rings. The smallest absolute Gasteiger partial charge is 0.382 e. The topological polar surface area (TPSA) is 39.7 Å². The van der Waals surface area contributed by atoms with Gasteiger partial charge in [-0.2, -0.15) is 0 Å². The molecule has 1 aromatic rings. The molecule has 0 saturated heterocycles. The van der Waals surface area contributed by atoms with Crippen molar-refractivity contribution >= 4 is 14.5 Å². The van der Waals surface area contributed by atoms with Crippen molar-refractivity contribution in [2.24, 2.45) is 11.8 Å². The zero-order chi connectivity index (χ0) is 18.9. The van der Waals surface area contributed by atoms with Gasteiger partial charge in [0.2, 0.25) is 0 Å². The molecule has 0 aromatic heterocycles. The highest BCUT2D eigenvalue weighted by Gasteiger charge is 2.42. The van der Waals surface area contributed by atoms with E-state index in [0.29, 0.717) is 17.9 Å². The molecule has 0 spiro atoms. The standard InChI is InChI=1S/C20H37NO3Si/c1-8-18(21-19-12-10-9-11-13-19)14-15-25(22-6,23-7)24-20(16(2)3)17(4)5/h9-13,16-18,20-21H,8,14-15H2,1-7H3. The summed E-state index contributed by atoms with van der Waals surface area (Å²) >= 11 is 0. The van der Waals surface area contributed by atoms with Crippen LogP contribution in [0.1, 0.15) is 47.5 Å². The minimum atomic E-state index is -2.67. The lowest BCUT2D eigenvalue weighted by molar-refractivity contribution is 0.0103. The van der Waals surface area contributed by atoms with E-state index >= 15 is 0 Å². The average molecular weight is 368 g/mol. The monoisotopic (exact) mass is 367 g/mol. The van der Waals surface area contributed by atoms with E-state index < -0.39 is 8.80 Å². The Labute approximate surface area is 155 Å². The second kappa shape index (κ2) is 11.0. The molecule has 1 rings (SSSR count). The SMILES string of the molecule is CCC(CC[Si](OC)(OC)OC(C(C)C)C(C)C)Nc1ccccc1. The van der Waals surface area contributed by atoms with Crippen molar-refractivity contribution in [3.05, 3.63) is 30.3 Å². The van der Waals surface area contributed by atoms with Gasteiger partial charge in [0, 0.05) is 32.0 Å². The van der Waals surface area contributed by atoms with Gasteiger partial charge in [0.25, 0.3) is 0 Å². The number of para-hydroxylation sites is 1. The minimum Gasteiger partial charge on any atom is -0.382 e. The van der Waals surface area contributed by atoms with Crippen molar-refractivity contribution in [3.8, 4) is 0 Å². The molecule has 0 bridgehead atoms. The normalized spacial score (nSPS) is 13.7. The fraction of sp³-hybridized carbons (Fsp3) is 0.700. The predicted octanol–water partition coefficient (Wildman–Crippen LogP) is 5.20. The molecule has 144 valence electrons. The summed E-state index contributed by atoms with van der Waals surface area (Å²) in [6.45, 7) is 11.0. The van der Waals surface area contributed by atoms with E-state index in [4.69, 9.17) is 13.3 Å². The lowest BCUT2D eigenvalue weighted by Crippen LogP contribution is -2.49. The molecule has 0 aliphatic rings. The summed E-state index contributed by atoms with van der Waals surface area (Å²) in [5, 5.41) is 3.60. The largest absolute Gasteiger partial charge is 0.500 e. The molecule has 1 unspecified atom stereocenters. The Bertz CT molecular complexity index is 455. The van der Waals surface area contributed by atoms with Crippen LogP contribution in [0.4, 0.5) is 5.69 Å². The first-order chi connectivity index (χ1) is 11.9. The van der Waals surface area contributed by atoms with Crippen LogP contribution < -0.4 is 5.32 Å². The zero-order valence-electron chi connectivity index (χ0n) is 17.0. The summed E-state index contributed by atoms with van der Waals surface area (Å²) in [5.41, 5.74) is 1.15. The van der Waals surface area contributed by atoms with Crippen LogP contribution in [0.15, 0.2) is 30.3 Å². The van der Waals surface area contributed by atoms with E-state index in [-0.39, 0.29) is 6.10 Å². The van der Waals surface area contributed by atoms with Crippen LogP contribution in [-0.4, -0.2) is 35.2 Å². The van der Waals surface area contributed by atoms with Crippen molar-refractivity contribution in [2.45, 2.75) is 65.7 Å². The molecule has 1 N–H and O–H groups in total. The molecule has 0 aliphatic carbocycles. The Morgan fingerprint density at radius 1 is 0.960 bits per heavy atom. The van der Waals surface area contributed by atoms with Crippen LogP contribution in [0.25, 0.3) is 0 Å². The second-order valence-electron chi connectivity index (χ2n) is 7.32. The maximum atomic E-state index is 6.47. The van der Waals surface area contributed by atoms with E-state index in [1.807, 2.05) is 6.07 Å². The molecule has 1 aromatic carbocycles. The molecule has 0 radical (unpaired) electrons. The Balaban J connectivity index is 2.74. The highest BCUT2D eigenvalue weighted by Crippen LogP contribution is 2.27. The zero-order valence-corrected chi connectivity index (χ0v) is 18.0. The van der Waals surface area contributed by atoms with Crippen LogP contribution in [0, 0.1) is 11.8 Å². The molecular formula is C20H37NO3Si. The van der Waals surface area contributed by atoms with Crippen LogP contribution >= 0.6 is 0 Å². The lowest BCUT2D eigenvalue weighted by Gasteiger charge is -2.35. The molecule has 5 heteroatoms. The highest BCUT2D eigenvalue weighted by atomic mass is 28.4. The fourth-order valence-corrected chi connectivity index (χ4v) is 5.74. The summed E-state index contributed by atoms with van der Waals surface area (Å²) in [6.07, 6.45) is 2.15. The first-order valence-electron chi connectivity index (χ1n) is 9.47. The van der Waals surface area contributed by atoms with Gasteiger partial charge in [0.15, 0.2) is 0 Å². The van der Waals surface area contributed by atoms with E-state index in [1.54, 1.807) is 14.2 Å². The molecule has 0 saturated carbocycles. The van der Waals surface area contributed by atoms with Crippen molar-refractivity contribution in [1.29, 1.82) is 0 Å². The van der Waals surface area contributed by atoms with Crippen LogP contribution in [-0.2, 0) is 13.3 Å². The Morgan fingerprint density at radius 2 is 1.52 bits per heavy atom. The Hall–Kier alpha value is -0.883. The third-order valence-corrected chi connectivity index (χ3v) is 7.46. The van der Waals surface area contributed by atoms with Crippen LogP contribution in [0.5, 0.6) is 0 Å². The third-order valence-electron chi connectivity index (χ3n) is 4.69. The Kier molecular flexibility index (Phi) is 9.72. The molecule has 0 heterocycles. The van der Waals surface area contributed by atoms with E-state index in [2.05, 4.69) is 64.2 Å². The van der Waals surface area contributed by atoms with Crippen LogP contribution in [0.3, 0.4) is 0 Å². The Morgan fingerprint density at radius 3 is 1.96 bits per heavy atom. The lowest BCUT2D eigenvalue weighted by atomic mass is 9.97. The van der Waals surface area contributed by atoms with Crippen LogP contribution in [0.2, 0.25) is 6.04 Å². The van der Waals surface area contributed by atoms with Gasteiger partial charge in [-0.3, -0.25) is 0 Å². The maximum absolute atomic E-state index is 6.47. The van der Waals surface area contributed by atoms with E-state index in [9.17, 15) is 0 Å². The molecule has 4 nitrogen and oxygen atoms in total. The summed E-state index contributed by atoms with van der Waals surface area (Å²) in [6, 6.07) is 11.5. The minimum absolute atomic E-state index is 0.147. The average Bonchev–Trinajstić information content (AvgIpc) is 2.61. The summed E-state index contributed by atoms with van der Waals surface area (Å²) in [4.78, 5) is 0. The molecule has 25 heavy (non-hydrogen) atoms. The predicted molar refractivity (Wildman–Crippen MR) is 108 cm³/mol. The van der Waals surface area contributed by atoms with E-state index in [1.165, 1.54) is 0 Å². The van der Waals surface area contributed by atoms with Gasteiger partial charge in [-0.15, -0.1) is 0 Å². The second-order valence-corrected chi connectivity index (χ2v) is 10.2. The third kappa shape index (κ3) is 7.10. The number of rotatable bonds is 12. The number of benzene rings is 1. The van der Waals surface area contributed by atoms with Gasteiger partial charge in [-0.05, 0) is 36.8 Å². The fourth-order valence-electron chi connectivity index (χ4n) is 3.19. The number of anilines is 1. The van der Waals surface area contributed by atoms with Gasteiger partial charge in [-0.25, -0.2) is 0 Å². The van der Waals surface area contributed by atoms with Gasteiger partial charge in [0.1, 0.15) is 0 Å². The van der Waals surface area contributed by atoms with E-state index in [0.717, 1.165) is 24.6 Å². The van der Waals surface area contributed by atoms with Crippen molar-refractivity contribution < 1.29 is 13.3 Å². The molecule has 0 amide bonds. The number of nitrogens with one attached hydrogen (secondary N) is 1. The van der Waals surface area contributed by atoms with Gasteiger partial charge < -0.3 is 18.6 Å². The quantitative estimate of drug-likeness (QED) is 0.516. The number of hydrogen-bond donors (Lipinski definition) is 1.